The number of rotatable bonds is 10. The minimum absolute atomic E-state index is 0.00275. The highest BCUT2D eigenvalue weighted by Gasteiger charge is 2.32. The Balaban J connectivity index is 1.49. The van der Waals surface area contributed by atoms with Crippen LogP contribution in [0, 0.1) is 0 Å². The van der Waals surface area contributed by atoms with E-state index in [-0.39, 0.29) is 25.4 Å². The van der Waals surface area contributed by atoms with Crippen molar-refractivity contribution in [3.05, 3.63) is 102 Å². The number of amides is 1. The van der Waals surface area contributed by atoms with Crippen molar-refractivity contribution in [3.8, 4) is 5.75 Å². The van der Waals surface area contributed by atoms with Crippen LogP contribution in [0.15, 0.2) is 90.3 Å². The van der Waals surface area contributed by atoms with Crippen LogP contribution in [0.4, 0.5) is 10.5 Å². The molecule has 1 aliphatic heterocycles. The van der Waals surface area contributed by atoms with Crippen LogP contribution in [0.3, 0.4) is 0 Å². The molecule has 3 aromatic carbocycles. The van der Waals surface area contributed by atoms with Crippen molar-refractivity contribution >= 4 is 23.5 Å². The lowest BCUT2D eigenvalue weighted by Gasteiger charge is -2.36. The maximum Gasteiger partial charge on any atom is 0.411 e. The van der Waals surface area contributed by atoms with Crippen LogP contribution in [0.1, 0.15) is 35.5 Å². The molecule has 0 radical (unpaired) electrons. The van der Waals surface area contributed by atoms with Gasteiger partial charge in [0, 0.05) is 28.3 Å². The molecule has 1 fully saturated rings. The summed E-state index contributed by atoms with van der Waals surface area (Å²) in [6, 6.07) is 23.1. The highest BCUT2D eigenvalue weighted by atomic mass is 32.2. The predicted octanol–water partition coefficient (Wildman–Crippen LogP) is 6.26. The molecule has 8 heteroatoms. The molecule has 0 unspecified atom stereocenters. The fourth-order valence-corrected chi connectivity index (χ4v) is 5.00. The van der Waals surface area contributed by atoms with Gasteiger partial charge in [-0.1, -0.05) is 61.2 Å². The average molecular weight is 522 g/mol. The van der Waals surface area contributed by atoms with Crippen LogP contribution in [-0.4, -0.2) is 36.8 Å². The summed E-state index contributed by atoms with van der Waals surface area (Å²) in [7, 11) is 1.67. The van der Waals surface area contributed by atoms with Gasteiger partial charge < -0.3 is 24.1 Å². The largest absolute Gasteiger partial charge is 0.496 e. The molecule has 0 bridgehead atoms. The Bertz CT molecular complexity index is 1170. The minimum atomic E-state index is -0.582. The van der Waals surface area contributed by atoms with Gasteiger partial charge in [-0.3, -0.25) is 5.32 Å². The van der Waals surface area contributed by atoms with Gasteiger partial charge in [-0.15, -0.1) is 11.8 Å². The monoisotopic (exact) mass is 521 g/mol. The number of ether oxygens (including phenoxy) is 4. The number of aliphatic hydroxyl groups is 1. The van der Waals surface area contributed by atoms with E-state index in [0.29, 0.717) is 12.1 Å². The second-order valence-corrected chi connectivity index (χ2v) is 9.51. The summed E-state index contributed by atoms with van der Waals surface area (Å²) in [5.41, 5.74) is 3.33. The highest BCUT2D eigenvalue weighted by molar-refractivity contribution is 7.99. The number of aliphatic hydroxyl groups excluding tert-OH is 1. The van der Waals surface area contributed by atoms with Crippen LogP contribution in [0.2, 0.25) is 0 Å². The summed E-state index contributed by atoms with van der Waals surface area (Å²) in [5.74, 6) is 1.56. The molecule has 0 aromatic heterocycles. The number of thioether (sulfide) groups is 1. The second-order valence-electron chi connectivity index (χ2n) is 8.45. The Morgan fingerprint density at radius 1 is 1.08 bits per heavy atom. The van der Waals surface area contributed by atoms with Gasteiger partial charge in [0.25, 0.3) is 0 Å². The predicted molar refractivity (Wildman–Crippen MR) is 144 cm³/mol. The van der Waals surface area contributed by atoms with Gasteiger partial charge in [0.1, 0.15) is 12.4 Å². The Morgan fingerprint density at radius 3 is 2.51 bits per heavy atom. The maximum absolute atomic E-state index is 11.8. The molecular formula is C29H31NO6S. The van der Waals surface area contributed by atoms with E-state index in [2.05, 4.69) is 11.9 Å². The van der Waals surface area contributed by atoms with Crippen molar-refractivity contribution in [2.45, 2.75) is 36.4 Å². The zero-order chi connectivity index (χ0) is 26.0. The third-order valence-electron chi connectivity index (χ3n) is 5.87. The Labute approximate surface area is 221 Å². The number of benzene rings is 3. The summed E-state index contributed by atoms with van der Waals surface area (Å²) < 4.78 is 23.3. The van der Waals surface area contributed by atoms with Gasteiger partial charge in [-0.05, 0) is 35.4 Å². The molecule has 0 aliphatic carbocycles. The zero-order valence-electron chi connectivity index (χ0n) is 20.7. The fourth-order valence-electron chi connectivity index (χ4n) is 3.96. The van der Waals surface area contributed by atoms with Crippen LogP contribution in [0.25, 0.3) is 0 Å². The van der Waals surface area contributed by atoms with Gasteiger partial charge in [0.15, 0.2) is 6.29 Å². The number of methoxy groups -OCH3 is 1. The van der Waals surface area contributed by atoms with E-state index in [0.717, 1.165) is 33.1 Å². The lowest BCUT2D eigenvalue weighted by Crippen LogP contribution is -2.31. The van der Waals surface area contributed by atoms with E-state index in [1.54, 1.807) is 31.0 Å². The first kappa shape index (κ1) is 26.8. The van der Waals surface area contributed by atoms with Gasteiger partial charge in [0.05, 0.1) is 25.9 Å². The number of hydrogen-bond donors (Lipinski definition) is 2. The average Bonchev–Trinajstić information content (AvgIpc) is 2.95. The molecule has 3 aromatic rings. The van der Waals surface area contributed by atoms with Crippen molar-refractivity contribution in [1.82, 2.24) is 0 Å². The summed E-state index contributed by atoms with van der Waals surface area (Å²) in [6.45, 7) is 3.67. The molecule has 1 amide bonds. The highest BCUT2D eigenvalue weighted by Crippen LogP contribution is 2.40. The number of carbonyl (C=O) groups is 1. The number of para-hydroxylation sites is 1. The Hall–Kier alpha value is -3.30. The number of anilines is 1. The first-order valence-corrected chi connectivity index (χ1v) is 13.0. The first-order chi connectivity index (χ1) is 18.1. The lowest BCUT2D eigenvalue weighted by atomic mass is 10.0. The molecule has 1 aliphatic rings. The van der Waals surface area contributed by atoms with E-state index < -0.39 is 12.4 Å². The van der Waals surface area contributed by atoms with E-state index in [4.69, 9.17) is 18.9 Å². The topological polar surface area (TPSA) is 86.3 Å². The van der Waals surface area contributed by atoms with E-state index in [9.17, 15) is 9.90 Å². The molecule has 1 saturated heterocycles. The first-order valence-electron chi connectivity index (χ1n) is 12.0. The van der Waals surface area contributed by atoms with Gasteiger partial charge >= 0.3 is 6.09 Å². The number of hydrogen-bond acceptors (Lipinski definition) is 7. The van der Waals surface area contributed by atoms with Crippen LogP contribution in [-0.2, 0) is 20.8 Å². The lowest BCUT2D eigenvalue weighted by molar-refractivity contribution is -0.245. The standard InChI is InChI=1S/C29H31NO6S/c1-3-16-34-29(32)30-23-14-12-22(13-15-23)28-35-24(19-37-27-7-5-4-6-25(27)33-2)17-26(36-28)21-10-8-20(18-31)9-11-21/h3-15,24,26,28,31H,1,16-19H2,2H3,(H,30,32)/t24-,26+,28+/m1/s1. The molecule has 7 nitrogen and oxygen atoms in total. The molecule has 0 saturated carbocycles. The molecule has 2 N–H and O–H groups in total. The van der Waals surface area contributed by atoms with Crippen molar-refractivity contribution in [2.24, 2.45) is 0 Å². The molecule has 0 spiro atoms. The van der Waals surface area contributed by atoms with Gasteiger partial charge in [0.2, 0.25) is 0 Å². The van der Waals surface area contributed by atoms with Crippen LogP contribution < -0.4 is 10.1 Å². The van der Waals surface area contributed by atoms with E-state index in [1.807, 2.05) is 60.7 Å². The van der Waals surface area contributed by atoms with E-state index in [1.165, 1.54) is 6.08 Å². The zero-order valence-corrected chi connectivity index (χ0v) is 21.5. The van der Waals surface area contributed by atoms with Gasteiger partial charge in [-0.2, -0.15) is 0 Å². The summed E-state index contributed by atoms with van der Waals surface area (Å²) in [5, 5.41) is 12.1. The van der Waals surface area contributed by atoms with Crippen molar-refractivity contribution < 1.29 is 28.8 Å². The number of nitrogens with one attached hydrogen (secondary N) is 1. The third kappa shape index (κ3) is 7.36. The van der Waals surface area contributed by atoms with Crippen molar-refractivity contribution in [1.29, 1.82) is 0 Å². The Morgan fingerprint density at radius 2 is 1.81 bits per heavy atom. The normalized spacial score (nSPS) is 19.1. The molecule has 4 rings (SSSR count). The number of carbonyl (C=O) groups excluding carboxylic acids is 1. The quantitative estimate of drug-likeness (QED) is 0.241. The second kappa shape index (κ2) is 13.3. The van der Waals surface area contributed by atoms with Gasteiger partial charge in [-0.25, -0.2) is 4.79 Å². The summed E-state index contributed by atoms with van der Waals surface area (Å²) >= 11 is 1.69. The van der Waals surface area contributed by atoms with Crippen molar-refractivity contribution in [2.75, 3.05) is 24.8 Å². The third-order valence-corrected chi connectivity index (χ3v) is 7.06. The molecular weight excluding hydrogens is 490 g/mol. The molecule has 1 heterocycles. The molecule has 194 valence electrons. The summed E-state index contributed by atoms with van der Waals surface area (Å²) in [6.07, 6.45) is 0.811. The Kier molecular flexibility index (Phi) is 9.62. The van der Waals surface area contributed by atoms with Crippen LogP contribution in [0.5, 0.6) is 5.75 Å². The molecule has 3 atom stereocenters. The fraction of sp³-hybridized carbons (Fsp3) is 0.276. The van der Waals surface area contributed by atoms with E-state index >= 15 is 0 Å². The SMILES string of the molecule is C=CCOC(=O)Nc1ccc([C@H]2O[C@@H](CSc3ccccc3OC)C[C@@H](c3ccc(CO)cc3)O2)cc1. The molecule has 37 heavy (non-hydrogen) atoms. The summed E-state index contributed by atoms with van der Waals surface area (Å²) in [4.78, 5) is 12.9. The minimum Gasteiger partial charge on any atom is -0.496 e. The van der Waals surface area contributed by atoms with Crippen molar-refractivity contribution in [3.63, 3.8) is 0 Å². The smallest absolute Gasteiger partial charge is 0.411 e. The maximum atomic E-state index is 11.8. The van der Waals surface area contributed by atoms with Crippen LogP contribution >= 0.6 is 11.8 Å².